The largest absolute Gasteiger partial charge is 0.355 e. The van der Waals surface area contributed by atoms with Crippen molar-refractivity contribution in [3.05, 3.63) is 58.1 Å². The molecule has 29 heavy (non-hydrogen) atoms. The molecule has 6 heteroatoms. The van der Waals surface area contributed by atoms with Crippen molar-refractivity contribution in [2.45, 2.75) is 51.2 Å². The Bertz CT molecular complexity index is 758. The van der Waals surface area contributed by atoms with Gasteiger partial charge in [0.25, 0.3) is 0 Å². The van der Waals surface area contributed by atoms with Gasteiger partial charge in [0.2, 0.25) is 5.91 Å². The Balaban J connectivity index is 1.61. The average molecular weight is 438 g/mol. The van der Waals surface area contributed by atoms with Gasteiger partial charge < -0.3 is 14.8 Å². The summed E-state index contributed by atoms with van der Waals surface area (Å²) in [7, 11) is 0. The van der Waals surface area contributed by atoms with Gasteiger partial charge in [0.05, 0.1) is 22.1 Å². The van der Waals surface area contributed by atoms with Gasteiger partial charge >= 0.3 is 0 Å². The maximum Gasteiger partial charge on any atom is 0.230 e. The summed E-state index contributed by atoms with van der Waals surface area (Å²) >= 11 is 12.3. The first-order valence-electron chi connectivity index (χ1n) is 10.3. The number of hydrogen-bond acceptors (Lipinski definition) is 3. The van der Waals surface area contributed by atoms with Crippen LogP contribution in [0.15, 0.2) is 42.5 Å². The SMILES string of the molecule is CC1(C(=O)NCC(CCOC2CCCCO2)c2ccc(Cl)c(Cl)c2)C=CC=CC1. The highest BCUT2D eigenvalue weighted by molar-refractivity contribution is 6.42. The first kappa shape index (κ1) is 22.4. The molecule has 3 unspecified atom stereocenters. The molecule has 0 spiro atoms. The van der Waals surface area contributed by atoms with Crippen LogP contribution in [-0.2, 0) is 14.3 Å². The molecular formula is C23H29Cl2NO3. The Morgan fingerprint density at radius 1 is 1.31 bits per heavy atom. The summed E-state index contributed by atoms with van der Waals surface area (Å²) in [5.41, 5.74) is 0.528. The molecule has 1 aliphatic carbocycles. The van der Waals surface area contributed by atoms with Crippen LogP contribution in [0.5, 0.6) is 0 Å². The fourth-order valence-electron chi connectivity index (χ4n) is 3.65. The van der Waals surface area contributed by atoms with Crippen LogP contribution >= 0.6 is 23.2 Å². The van der Waals surface area contributed by atoms with Crippen LogP contribution in [-0.4, -0.2) is 32.0 Å². The predicted molar refractivity (Wildman–Crippen MR) is 117 cm³/mol. The van der Waals surface area contributed by atoms with E-state index < -0.39 is 5.41 Å². The van der Waals surface area contributed by atoms with E-state index in [0.717, 1.165) is 37.9 Å². The third kappa shape index (κ3) is 6.32. The number of allylic oxidation sites excluding steroid dienone is 3. The van der Waals surface area contributed by atoms with Crippen LogP contribution in [0.3, 0.4) is 0 Å². The molecule has 0 saturated carbocycles. The molecule has 0 aromatic heterocycles. The minimum atomic E-state index is -0.511. The normalized spacial score (nSPS) is 25.0. The van der Waals surface area contributed by atoms with Crippen LogP contribution in [0.1, 0.15) is 50.5 Å². The number of amides is 1. The summed E-state index contributed by atoms with van der Waals surface area (Å²) in [4.78, 5) is 12.8. The quantitative estimate of drug-likeness (QED) is 0.571. The van der Waals surface area contributed by atoms with E-state index in [4.69, 9.17) is 32.7 Å². The van der Waals surface area contributed by atoms with Crippen molar-refractivity contribution < 1.29 is 14.3 Å². The number of hydrogen-bond donors (Lipinski definition) is 1. The highest BCUT2D eigenvalue weighted by atomic mass is 35.5. The zero-order chi connectivity index (χ0) is 20.7. The molecule has 1 N–H and O–H groups in total. The van der Waals surface area contributed by atoms with Gasteiger partial charge in [-0.3, -0.25) is 4.79 Å². The fraction of sp³-hybridized carbons (Fsp3) is 0.522. The standard InChI is InChI=1S/C23H29Cl2NO3/c1-23(11-4-2-5-12-23)22(27)26-16-18(17-8-9-19(24)20(25)15-17)10-14-29-21-7-3-6-13-28-21/h2,4-5,8-9,11,15,18,21H,3,6-7,10,12-14,16H2,1H3,(H,26,27). The molecule has 1 aliphatic heterocycles. The molecule has 1 aromatic carbocycles. The van der Waals surface area contributed by atoms with Crippen molar-refractivity contribution in [1.29, 1.82) is 0 Å². The van der Waals surface area contributed by atoms with Crippen LogP contribution in [0.4, 0.5) is 0 Å². The smallest absolute Gasteiger partial charge is 0.230 e. The Labute approximate surface area is 183 Å². The number of benzene rings is 1. The van der Waals surface area contributed by atoms with E-state index in [1.807, 2.05) is 43.4 Å². The Morgan fingerprint density at radius 3 is 2.86 bits per heavy atom. The zero-order valence-electron chi connectivity index (χ0n) is 16.8. The summed E-state index contributed by atoms with van der Waals surface area (Å²) in [6.07, 6.45) is 12.4. The molecular weight excluding hydrogens is 409 g/mol. The van der Waals surface area contributed by atoms with Gasteiger partial charge in [-0.15, -0.1) is 0 Å². The van der Waals surface area contributed by atoms with Crippen molar-refractivity contribution in [2.75, 3.05) is 19.8 Å². The number of rotatable bonds is 8. The number of nitrogens with one attached hydrogen (secondary N) is 1. The van der Waals surface area contributed by atoms with E-state index in [1.165, 1.54) is 0 Å². The van der Waals surface area contributed by atoms with Gasteiger partial charge in [0.1, 0.15) is 0 Å². The van der Waals surface area contributed by atoms with E-state index in [-0.39, 0.29) is 18.1 Å². The van der Waals surface area contributed by atoms with Gasteiger partial charge in [-0.1, -0.05) is 53.6 Å². The molecule has 1 amide bonds. The third-order valence-corrected chi connectivity index (χ3v) is 6.34. The molecule has 3 rings (SSSR count). The minimum absolute atomic E-state index is 0.0275. The summed E-state index contributed by atoms with van der Waals surface area (Å²) < 4.78 is 11.6. The van der Waals surface area contributed by atoms with E-state index in [9.17, 15) is 4.79 Å². The highest BCUT2D eigenvalue weighted by Gasteiger charge is 2.30. The first-order chi connectivity index (χ1) is 14.0. The summed E-state index contributed by atoms with van der Waals surface area (Å²) in [5.74, 6) is 0.101. The van der Waals surface area contributed by atoms with Crippen LogP contribution < -0.4 is 5.32 Å². The van der Waals surface area contributed by atoms with E-state index in [2.05, 4.69) is 5.32 Å². The van der Waals surface area contributed by atoms with E-state index >= 15 is 0 Å². The van der Waals surface area contributed by atoms with Gasteiger partial charge in [-0.25, -0.2) is 0 Å². The van der Waals surface area contributed by atoms with Crippen LogP contribution in [0.25, 0.3) is 0 Å². The molecule has 158 valence electrons. The lowest BCUT2D eigenvalue weighted by Gasteiger charge is -2.27. The Kier molecular flexibility index (Phi) is 8.19. The number of carbonyl (C=O) groups is 1. The molecule has 4 nitrogen and oxygen atoms in total. The number of carbonyl (C=O) groups excluding carboxylic acids is 1. The summed E-state index contributed by atoms with van der Waals surface area (Å²) in [5, 5.41) is 4.17. The van der Waals surface area contributed by atoms with E-state index in [0.29, 0.717) is 29.6 Å². The van der Waals surface area contributed by atoms with Crippen LogP contribution in [0, 0.1) is 5.41 Å². The molecule has 1 fully saturated rings. The van der Waals surface area contributed by atoms with Gasteiger partial charge in [0.15, 0.2) is 6.29 Å². The highest BCUT2D eigenvalue weighted by Crippen LogP contribution is 2.30. The maximum atomic E-state index is 12.8. The topological polar surface area (TPSA) is 47.6 Å². The number of ether oxygens (including phenoxy) is 2. The Morgan fingerprint density at radius 2 is 2.17 bits per heavy atom. The lowest BCUT2D eigenvalue weighted by molar-refractivity contribution is -0.163. The first-order valence-corrected chi connectivity index (χ1v) is 11.0. The monoisotopic (exact) mass is 437 g/mol. The second kappa shape index (κ2) is 10.6. The number of halogens is 2. The predicted octanol–water partition coefficient (Wildman–Crippen LogP) is 5.65. The molecule has 0 radical (unpaired) electrons. The maximum absolute atomic E-state index is 12.8. The van der Waals surface area contributed by atoms with Gasteiger partial charge in [-0.2, -0.15) is 0 Å². The third-order valence-electron chi connectivity index (χ3n) is 5.60. The van der Waals surface area contributed by atoms with Crippen molar-refractivity contribution in [3.8, 4) is 0 Å². The van der Waals surface area contributed by atoms with Crippen LogP contribution in [0.2, 0.25) is 10.0 Å². The zero-order valence-corrected chi connectivity index (χ0v) is 18.3. The average Bonchev–Trinajstić information content (AvgIpc) is 2.73. The van der Waals surface area contributed by atoms with Crippen molar-refractivity contribution in [2.24, 2.45) is 5.41 Å². The summed E-state index contributed by atoms with van der Waals surface area (Å²) in [6.45, 7) is 3.79. The summed E-state index contributed by atoms with van der Waals surface area (Å²) in [6, 6.07) is 5.64. The molecule has 1 heterocycles. The molecule has 1 saturated heterocycles. The van der Waals surface area contributed by atoms with Crippen molar-refractivity contribution in [3.63, 3.8) is 0 Å². The van der Waals surface area contributed by atoms with Crippen molar-refractivity contribution in [1.82, 2.24) is 5.32 Å². The fourth-order valence-corrected chi connectivity index (χ4v) is 3.96. The minimum Gasteiger partial charge on any atom is -0.355 e. The lowest BCUT2D eigenvalue weighted by Crippen LogP contribution is -2.40. The molecule has 1 aromatic rings. The second-order valence-electron chi connectivity index (χ2n) is 7.94. The second-order valence-corrected chi connectivity index (χ2v) is 8.76. The lowest BCUT2D eigenvalue weighted by atomic mass is 9.82. The molecule has 3 atom stereocenters. The van der Waals surface area contributed by atoms with Gasteiger partial charge in [-0.05, 0) is 56.7 Å². The van der Waals surface area contributed by atoms with Crippen molar-refractivity contribution >= 4 is 29.1 Å². The molecule has 2 aliphatic rings. The van der Waals surface area contributed by atoms with E-state index in [1.54, 1.807) is 6.07 Å². The molecule has 0 bridgehead atoms. The van der Waals surface area contributed by atoms with Gasteiger partial charge in [0, 0.05) is 19.1 Å². The Hall–Kier alpha value is -1.33.